The van der Waals surface area contributed by atoms with Crippen LogP contribution in [0.3, 0.4) is 0 Å². The zero-order chi connectivity index (χ0) is 19.3. The van der Waals surface area contributed by atoms with Gasteiger partial charge in [-0.2, -0.15) is 0 Å². The van der Waals surface area contributed by atoms with Crippen molar-refractivity contribution in [1.29, 1.82) is 0 Å². The van der Waals surface area contributed by atoms with Crippen LogP contribution in [0, 0.1) is 6.92 Å². The van der Waals surface area contributed by atoms with Crippen molar-refractivity contribution in [3.05, 3.63) is 77.0 Å². The van der Waals surface area contributed by atoms with Gasteiger partial charge in [-0.15, -0.1) is 0 Å². The van der Waals surface area contributed by atoms with E-state index in [1.807, 2.05) is 0 Å². The molecule has 0 bridgehead atoms. The molecule has 0 saturated heterocycles. The largest absolute Gasteiger partial charge is 0.377 e. The van der Waals surface area contributed by atoms with Crippen molar-refractivity contribution in [1.82, 2.24) is 10.3 Å². The molecule has 2 N–H and O–H groups in total. The molecule has 4 aromatic rings. The van der Waals surface area contributed by atoms with Crippen molar-refractivity contribution < 1.29 is 0 Å². The first kappa shape index (κ1) is 17.3. The van der Waals surface area contributed by atoms with Gasteiger partial charge in [-0.3, -0.25) is 0 Å². The Hall–Kier alpha value is -2.78. The minimum atomic E-state index is 0.324. The minimum Gasteiger partial charge on any atom is -0.377 e. The maximum atomic E-state index is 3.76. The number of benzene rings is 3. The Morgan fingerprint density at radius 2 is 1.79 bits per heavy atom. The minimum absolute atomic E-state index is 0.324. The van der Waals surface area contributed by atoms with Crippen LogP contribution >= 0.6 is 0 Å². The van der Waals surface area contributed by atoms with Crippen LogP contribution in [0.4, 0.5) is 5.69 Å². The summed E-state index contributed by atoms with van der Waals surface area (Å²) < 4.78 is 0. The molecule has 142 valence electrons. The lowest BCUT2D eigenvalue weighted by atomic mass is 9.92. The average molecular weight is 370 g/mol. The normalized spacial score (nSPS) is 16.5. The molecule has 0 fully saturated rings. The van der Waals surface area contributed by atoms with Crippen molar-refractivity contribution in [3.63, 3.8) is 0 Å². The number of hydrogen-bond donors (Lipinski definition) is 2. The highest BCUT2D eigenvalue weighted by molar-refractivity contribution is 5.96. The molecule has 0 saturated carbocycles. The molecular weight excluding hydrogens is 342 g/mol. The summed E-state index contributed by atoms with van der Waals surface area (Å²) in [6.45, 7) is 3.21. The predicted molar refractivity (Wildman–Crippen MR) is 119 cm³/mol. The second-order valence-electron chi connectivity index (χ2n) is 8.21. The molecule has 0 aliphatic carbocycles. The van der Waals surface area contributed by atoms with E-state index in [1.54, 1.807) is 0 Å². The fraction of sp³-hybridized carbons (Fsp3) is 0.280. The molecule has 1 aliphatic heterocycles. The molecule has 0 radical (unpaired) electrons. The summed E-state index contributed by atoms with van der Waals surface area (Å²) in [4.78, 5) is 5.92. The summed E-state index contributed by atoms with van der Waals surface area (Å²) in [5, 5.41) is 7.84. The number of anilines is 1. The van der Waals surface area contributed by atoms with E-state index in [0.29, 0.717) is 6.04 Å². The van der Waals surface area contributed by atoms with E-state index >= 15 is 0 Å². The van der Waals surface area contributed by atoms with Gasteiger partial charge in [-0.05, 0) is 61.0 Å². The lowest BCUT2D eigenvalue weighted by Gasteiger charge is -2.26. The molecule has 1 aliphatic rings. The maximum Gasteiger partial charge on any atom is 0.0517 e. The Morgan fingerprint density at radius 3 is 2.61 bits per heavy atom. The van der Waals surface area contributed by atoms with E-state index in [0.717, 1.165) is 19.4 Å². The van der Waals surface area contributed by atoms with Gasteiger partial charge in [0.2, 0.25) is 0 Å². The van der Waals surface area contributed by atoms with Gasteiger partial charge in [-0.25, -0.2) is 0 Å². The van der Waals surface area contributed by atoms with Crippen LogP contribution in [0.25, 0.3) is 21.7 Å². The average Bonchev–Trinajstić information content (AvgIpc) is 3.07. The number of nitrogens with zero attached hydrogens (tertiary/aromatic N) is 1. The first-order valence-electron chi connectivity index (χ1n) is 10.1. The lowest BCUT2D eigenvalue weighted by molar-refractivity contribution is 0.496. The number of aromatic amines is 1. The third kappa shape index (κ3) is 2.78. The Bertz CT molecular complexity index is 1170. The number of rotatable bonds is 3. The summed E-state index contributed by atoms with van der Waals surface area (Å²) in [6, 6.07) is 20.4. The van der Waals surface area contributed by atoms with E-state index in [-0.39, 0.29) is 0 Å². The van der Waals surface area contributed by atoms with E-state index in [9.17, 15) is 0 Å². The summed E-state index contributed by atoms with van der Waals surface area (Å²) in [5.41, 5.74) is 8.13. The van der Waals surface area contributed by atoms with Crippen LogP contribution in [0.2, 0.25) is 0 Å². The zero-order valence-corrected chi connectivity index (χ0v) is 16.8. The molecule has 3 nitrogen and oxygen atoms in total. The summed E-state index contributed by atoms with van der Waals surface area (Å²) in [6.07, 6.45) is 2.09. The van der Waals surface area contributed by atoms with Gasteiger partial charge < -0.3 is 15.2 Å². The van der Waals surface area contributed by atoms with Crippen molar-refractivity contribution >= 4 is 27.4 Å². The maximum absolute atomic E-state index is 3.76. The van der Waals surface area contributed by atoms with Gasteiger partial charge in [0.1, 0.15) is 0 Å². The molecule has 28 heavy (non-hydrogen) atoms. The Labute approximate surface area is 166 Å². The molecule has 0 unspecified atom stereocenters. The fourth-order valence-electron chi connectivity index (χ4n) is 4.73. The third-order valence-electron chi connectivity index (χ3n) is 6.11. The number of aryl methyl sites for hydroxylation is 1. The van der Waals surface area contributed by atoms with Gasteiger partial charge in [0.05, 0.1) is 6.04 Å². The Balaban J connectivity index is 1.58. The summed E-state index contributed by atoms with van der Waals surface area (Å²) >= 11 is 0. The van der Waals surface area contributed by atoms with Crippen LogP contribution in [0.5, 0.6) is 0 Å². The second-order valence-corrected chi connectivity index (χ2v) is 8.21. The molecule has 3 aromatic carbocycles. The summed E-state index contributed by atoms with van der Waals surface area (Å²) in [5.74, 6) is 0. The van der Waals surface area contributed by atoms with Gasteiger partial charge in [-0.1, -0.05) is 42.0 Å². The molecule has 1 aromatic heterocycles. The Morgan fingerprint density at radius 1 is 0.964 bits per heavy atom. The highest BCUT2D eigenvalue weighted by Gasteiger charge is 2.24. The van der Waals surface area contributed by atoms with Gasteiger partial charge in [0.15, 0.2) is 0 Å². The molecule has 0 amide bonds. The Kier molecular flexibility index (Phi) is 4.13. The zero-order valence-electron chi connectivity index (χ0n) is 16.8. The quantitative estimate of drug-likeness (QED) is 0.525. The van der Waals surface area contributed by atoms with Crippen molar-refractivity contribution in [3.8, 4) is 0 Å². The van der Waals surface area contributed by atoms with Crippen LogP contribution in [0.1, 0.15) is 28.4 Å². The van der Waals surface area contributed by atoms with Gasteiger partial charge in [0, 0.05) is 41.8 Å². The van der Waals surface area contributed by atoms with Crippen molar-refractivity contribution in [2.45, 2.75) is 25.8 Å². The molecular formula is C25H27N3. The standard InChI is InChI=1S/C25H27N3/c1-16-8-10-22-21(14-16)20-12-13-26-23(25(20)27-22)15-17-9-11-24(28(2)3)19-7-5-4-6-18(17)19/h4-11,14,23,26-27H,12-13,15H2,1-3H3/t23-/m0/s1. The number of aromatic nitrogens is 1. The van der Waals surface area contributed by atoms with E-state index in [4.69, 9.17) is 0 Å². The van der Waals surface area contributed by atoms with Gasteiger partial charge in [0.25, 0.3) is 0 Å². The molecule has 3 heteroatoms. The number of H-pyrrole nitrogens is 1. The third-order valence-corrected chi connectivity index (χ3v) is 6.11. The monoisotopic (exact) mass is 369 g/mol. The molecule has 1 atom stereocenters. The van der Waals surface area contributed by atoms with E-state index < -0.39 is 0 Å². The topological polar surface area (TPSA) is 31.1 Å². The fourth-order valence-corrected chi connectivity index (χ4v) is 4.73. The van der Waals surface area contributed by atoms with E-state index in [2.05, 4.69) is 90.8 Å². The van der Waals surface area contributed by atoms with Crippen LogP contribution in [0.15, 0.2) is 54.6 Å². The van der Waals surface area contributed by atoms with E-state index in [1.165, 1.54) is 49.7 Å². The first-order chi connectivity index (χ1) is 13.6. The van der Waals surface area contributed by atoms with Crippen LogP contribution in [-0.2, 0) is 12.8 Å². The molecule has 2 heterocycles. The predicted octanol–water partition coefficient (Wildman–Crippen LogP) is 5.13. The SMILES string of the molecule is Cc1ccc2[nH]c3c(c2c1)CCN[C@H]3Cc1ccc(N(C)C)c2ccccc12. The van der Waals surface area contributed by atoms with Gasteiger partial charge >= 0.3 is 0 Å². The highest BCUT2D eigenvalue weighted by atomic mass is 15.1. The molecule has 5 rings (SSSR count). The van der Waals surface area contributed by atoms with Crippen LogP contribution < -0.4 is 10.2 Å². The van der Waals surface area contributed by atoms with Crippen LogP contribution in [-0.4, -0.2) is 25.6 Å². The highest BCUT2D eigenvalue weighted by Crippen LogP contribution is 2.35. The second kappa shape index (κ2) is 6.68. The number of fused-ring (bicyclic) bond motifs is 4. The smallest absolute Gasteiger partial charge is 0.0517 e. The lowest BCUT2D eigenvalue weighted by Crippen LogP contribution is -2.31. The van der Waals surface area contributed by atoms with Crippen molar-refractivity contribution in [2.75, 3.05) is 25.5 Å². The number of nitrogens with one attached hydrogen (secondary N) is 2. The first-order valence-corrected chi connectivity index (χ1v) is 10.1. The number of hydrogen-bond acceptors (Lipinski definition) is 2. The van der Waals surface area contributed by atoms with Crippen molar-refractivity contribution in [2.24, 2.45) is 0 Å². The summed E-state index contributed by atoms with van der Waals surface area (Å²) in [7, 11) is 4.23. The molecule has 0 spiro atoms.